The molecule has 0 unspecified atom stereocenters. The summed E-state index contributed by atoms with van der Waals surface area (Å²) in [5.41, 5.74) is 4.87. The standard InChI is InChI=1S/C10H8F3N5/c11-10(12,13)7-2-1-6(4-15-7)18-9-3-8(14)16-5-17-9/h1-5H,(H3,14,16,17,18). The highest BCUT2D eigenvalue weighted by atomic mass is 19.4. The van der Waals surface area contributed by atoms with Crippen LogP contribution in [0.15, 0.2) is 30.7 Å². The van der Waals surface area contributed by atoms with Crippen molar-refractivity contribution in [2.45, 2.75) is 6.18 Å². The number of nitrogens with two attached hydrogens (primary N) is 1. The van der Waals surface area contributed by atoms with Crippen LogP contribution in [0.1, 0.15) is 5.69 Å². The van der Waals surface area contributed by atoms with Crippen molar-refractivity contribution in [2.24, 2.45) is 0 Å². The summed E-state index contributed by atoms with van der Waals surface area (Å²) in [6.07, 6.45) is -2.13. The molecular weight excluding hydrogens is 247 g/mol. The molecule has 0 fully saturated rings. The Balaban J connectivity index is 2.16. The third-order valence-corrected chi connectivity index (χ3v) is 2.01. The molecule has 0 saturated carbocycles. The van der Waals surface area contributed by atoms with Gasteiger partial charge >= 0.3 is 6.18 Å². The minimum atomic E-state index is -4.45. The largest absolute Gasteiger partial charge is 0.433 e. The zero-order valence-corrected chi connectivity index (χ0v) is 8.94. The average Bonchev–Trinajstić information content (AvgIpc) is 2.28. The maximum absolute atomic E-state index is 12.3. The second kappa shape index (κ2) is 4.47. The number of hydrogen-bond donors (Lipinski definition) is 2. The molecule has 2 aromatic rings. The molecule has 94 valence electrons. The van der Waals surface area contributed by atoms with Crippen LogP contribution in [0.5, 0.6) is 0 Å². The second-order valence-corrected chi connectivity index (χ2v) is 3.38. The van der Waals surface area contributed by atoms with Crippen LogP contribution in [-0.2, 0) is 6.18 Å². The van der Waals surface area contributed by atoms with Crippen molar-refractivity contribution < 1.29 is 13.2 Å². The molecule has 0 aliphatic rings. The van der Waals surface area contributed by atoms with Gasteiger partial charge in [0.25, 0.3) is 0 Å². The molecule has 0 aliphatic carbocycles. The van der Waals surface area contributed by atoms with E-state index in [1.807, 2.05) is 0 Å². The highest BCUT2D eigenvalue weighted by Gasteiger charge is 2.31. The Hall–Kier alpha value is -2.38. The number of nitrogen functional groups attached to an aromatic ring is 1. The van der Waals surface area contributed by atoms with Gasteiger partial charge in [-0.15, -0.1) is 0 Å². The zero-order valence-electron chi connectivity index (χ0n) is 8.94. The molecule has 2 rings (SSSR count). The summed E-state index contributed by atoms with van der Waals surface area (Å²) in [6, 6.07) is 3.60. The number of pyridine rings is 1. The van der Waals surface area contributed by atoms with E-state index in [1.54, 1.807) is 0 Å². The fourth-order valence-corrected chi connectivity index (χ4v) is 1.22. The van der Waals surface area contributed by atoms with E-state index in [-0.39, 0.29) is 5.82 Å². The number of nitrogens with one attached hydrogen (secondary N) is 1. The molecular formula is C10H8F3N5. The van der Waals surface area contributed by atoms with Crippen LogP contribution in [-0.4, -0.2) is 15.0 Å². The molecule has 18 heavy (non-hydrogen) atoms. The van der Waals surface area contributed by atoms with Crippen LogP contribution in [0.4, 0.5) is 30.5 Å². The Morgan fingerprint density at radius 1 is 1.11 bits per heavy atom. The van der Waals surface area contributed by atoms with Crippen molar-refractivity contribution in [3.05, 3.63) is 36.4 Å². The normalized spacial score (nSPS) is 11.3. The van der Waals surface area contributed by atoms with E-state index in [0.29, 0.717) is 11.5 Å². The first-order valence-corrected chi connectivity index (χ1v) is 4.83. The first-order chi connectivity index (χ1) is 8.45. The first-order valence-electron chi connectivity index (χ1n) is 4.83. The second-order valence-electron chi connectivity index (χ2n) is 3.38. The lowest BCUT2D eigenvalue weighted by Crippen LogP contribution is -2.07. The Labute approximate surface area is 99.9 Å². The minimum Gasteiger partial charge on any atom is -0.384 e. The van der Waals surface area contributed by atoms with Crippen molar-refractivity contribution in [1.82, 2.24) is 15.0 Å². The maximum Gasteiger partial charge on any atom is 0.433 e. The van der Waals surface area contributed by atoms with E-state index in [4.69, 9.17) is 5.73 Å². The predicted molar refractivity (Wildman–Crippen MR) is 59.0 cm³/mol. The molecule has 0 amide bonds. The predicted octanol–water partition coefficient (Wildman–Crippen LogP) is 2.22. The summed E-state index contributed by atoms with van der Waals surface area (Å²) >= 11 is 0. The molecule has 5 nitrogen and oxygen atoms in total. The van der Waals surface area contributed by atoms with Crippen molar-refractivity contribution in [1.29, 1.82) is 0 Å². The van der Waals surface area contributed by atoms with Gasteiger partial charge in [0.05, 0.1) is 11.9 Å². The van der Waals surface area contributed by atoms with Gasteiger partial charge in [-0.2, -0.15) is 13.2 Å². The number of hydrogen-bond acceptors (Lipinski definition) is 5. The lowest BCUT2D eigenvalue weighted by Gasteiger charge is -2.08. The molecule has 3 N–H and O–H groups in total. The lowest BCUT2D eigenvalue weighted by molar-refractivity contribution is -0.141. The molecule has 2 aromatic heterocycles. The topological polar surface area (TPSA) is 76.7 Å². The fraction of sp³-hybridized carbons (Fsp3) is 0.100. The number of rotatable bonds is 2. The summed E-state index contributed by atoms with van der Waals surface area (Å²) in [5, 5.41) is 2.76. The molecule has 0 spiro atoms. The number of aromatic nitrogens is 3. The van der Waals surface area contributed by atoms with Gasteiger partial charge in [0.2, 0.25) is 0 Å². The Bertz CT molecular complexity index is 538. The van der Waals surface area contributed by atoms with E-state index in [2.05, 4.69) is 20.3 Å². The van der Waals surface area contributed by atoms with Crippen molar-refractivity contribution in [3.8, 4) is 0 Å². The number of nitrogens with zero attached hydrogens (tertiary/aromatic N) is 3. The van der Waals surface area contributed by atoms with Gasteiger partial charge in [-0.05, 0) is 12.1 Å². The summed E-state index contributed by atoms with van der Waals surface area (Å²) in [5.74, 6) is 0.636. The molecule has 0 bridgehead atoms. The molecule has 0 atom stereocenters. The van der Waals surface area contributed by atoms with Crippen LogP contribution in [0.25, 0.3) is 0 Å². The molecule has 0 saturated heterocycles. The van der Waals surface area contributed by atoms with Gasteiger partial charge in [-0.25, -0.2) is 15.0 Å². The van der Waals surface area contributed by atoms with E-state index >= 15 is 0 Å². The summed E-state index contributed by atoms with van der Waals surface area (Å²) in [6.45, 7) is 0. The summed E-state index contributed by atoms with van der Waals surface area (Å²) in [7, 11) is 0. The van der Waals surface area contributed by atoms with E-state index in [1.165, 1.54) is 18.5 Å². The van der Waals surface area contributed by atoms with Crippen LogP contribution < -0.4 is 11.1 Å². The highest BCUT2D eigenvalue weighted by molar-refractivity contribution is 5.57. The first kappa shape index (κ1) is 12.1. The van der Waals surface area contributed by atoms with Gasteiger partial charge in [0, 0.05) is 6.07 Å². The van der Waals surface area contributed by atoms with Crippen molar-refractivity contribution in [3.63, 3.8) is 0 Å². The molecule has 0 aromatic carbocycles. The van der Waals surface area contributed by atoms with E-state index < -0.39 is 11.9 Å². The van der Waals surface area contributed by atoms with Crippen molar-refractivity contribution >= 4 is 17.3 Å². The van der Waals surface area contributed by atoms with Crippen LogP contribution in [0, 0.1) is 0 Å². The van der Waals surface area contributed by atoms with Gasteiger partial charge in [-0.3, -0.25) is 0 Å². The third kappa shape index (κ3) is 2.84. The average molecular weight is 255 g/mol. The number of anilines is 3. The Morgan fingerprint density at radius 2 is 1.89 bits per heavy atom. The SMILES string of the molecule is Nc1cc(Nc2ccc(C(F)(F)F)nc2)ncn1. The molecule has 8 heteroatoms. The Morgan fingerprint density at radius 3 is 2.44 bits per heavy atom. The minimum absolute atomic E-state index is 0.257. The van der Waals surface area contributed by atoms with E-state index in [9.17, 15) is 13.2 Å². The highest BCUT2D eigenvalue weighted by Crippen LogP contribution is 2.28. The quantitative estimate of drug-likeness (QED) is 0.860. The van der Waals surface area contributed by atoms with Gasteiger partial charge in [0.15, 0.2) is 0 Å². The molecule has 0 radical (unpaired) electrons. The van der Waals surface area contributed by atoms with Crippen molar-refractivity contribution in [2.75, 3.05) is 11.1 Å². The van der Waals surface area contributed by atoms with Gasteiger partial charge < -0.3 is 11.1 Å². The van der Waals surface area contributed by atoms with Gasteiger partial charge in [0.1, 0.15) is 23.7 Å². The van der Waals surface area contributed by atoms with Crippen LogP contribution >= 0.6 is 0 Å². The number of halogens is 3. The fourth-order valence-electron chi connectivity index (χ4n) is 1.22. The monoisotopic (exact) mass is 255 g/mol. The molecule has 0 aliphatic heterocycles. The van der Waals surface area contributed by atoms with Gasteiger partial charge in [-0.1, -0.05) is 0 Å². The summed E-state index contributed by atoms with van der Waals surface area (Å²) in [4.78, 5) is 10.9. The Kier molecular flexibility index (Phi) is 3.00. The third-order valence-electron chi connectivity index (χ3n) is 2.01. The summed E-state index contributed by atoms with van der Waals surface area (Å²) < 4.78 is 36.8. The lowest BCUT2D eigenvalue weighted by atomic mass is 10.3. The van der Waals surface area contributed by atoms with Crippen LogP contribution in [0.3, 0.4) is 0 Å². The van der Waals surface area contributed by atoms with Crippen LogP contribution in [0.2, 0.25) is 0 Å². The van der Waals surface area contributed by atoms with E-state index in [0.717, 1.165) is 12.3 Å². The number of alkyl halides is 3. The maximum atomic E-state index is 12.3. The smallest absolute Gasteiger partial charge is 0.384 e. The zero-order chi connectivity index (χ0) is 13.2. The molecule has 2 heterocycles.